The predicted molar refractivity (Wildman–Crippen MR) is 133 cm³/mol. The van der Waals surface area contributed by atoms with E-state index in [-0.39, 0.29) is 17.6 Å². The molecule has 0 bridgehead atoms. The van der Waals surface area contributed by atoms with Gasteiger partial charge in [0, 0.05) is 15.8 Å². The van der Waals surface area contributed by atoms with Crippen molar-refractivity contribution in [2.24, 2.45) is 0 Å². The van der Waals surface area contributed by atoms with Crippen molar-refractivity contribution in [2.75, 3.05) is 16.4 Å². The van der Waals surface area contributed by atoms with Crippen LogP contribution in [0.3, 0.4) is 0 Å². The van der Waals surface area contributed by atoms with E-state index in [0.29, 0.717) is 16.3 Å². The molecule has 0 fully saturated rings. The minimum absolute atomic E-state index is 0.0979. The molecule has 0 saturated heterocycles. The molecular weight excluding hydrogens is 518 g/mol. The zero-order valence-corrected chi connectivity index (χ0v) is 19.9. The summed E-state index contributed by atoms with van der Waals surface area (Å²) in [7, 11) is 0. The van der Waals surface area contributed by atoms with E-state index >= 15 is 0 Å². The van der Waals surface area contributed by atoms with Crippen molar-refractivity contribution in [1.82, 2.24) is 4.98 Å². The average molecular weight is 533 g/mol. The van der Waals surface area contributed by atoms with E-state index in [1.54, 1.807) is 30.3 Å². The number of nitrogens with zero attached hydrogens (tertiary/aromatic N) is 1. The Morgan fingerprint density at radius 2 is 1.74 bits per heavy atom. The number of benzene rings is 3. The Hall–Kier alpha value is -2.39. The van der Waals surface area contributed by atoms with Gasteiger partial charge < -0.3 is 10.6 Å². The fourth-order valence-electron chi connectivity index (χ4n) is 2.74. The molecule has 1 aromatic heterocycles. The number of rotatable bonds is 6. The second-order valence-electron chi connectivity index (χ2n) is 6.44. The van der Waals surface area contributed by atoms with Crippen molar-refractivity contribution in [3.05, 3.63) is 81.8 Å². The fourth-order valence-corrected chi connectivity index (χ4v) is 5.14. The number of aromatic nitrogens is 1. The third kappa shape index (κ3) is 5.65. The van der Waals surface area contributed by atoms with Crippen LogP contribution in [0, 0.1) is 0 Å². The van der Waals surface area contributed by atoms with Crippen molar-refractivity contribution in [2.45, 2.75) is 4.34 Å². The van der Waals surface area contributed by atoms with Gasteiger partial charge in [0.1, 0.15) is 0 Å². The fraction of sp³-hybridized carbons (Fsp3) is 0.0455. The van der Waals surface area contributed by atoms with Crippen LogP contribution in [0.4, 0.5) is 11.4 Å². The maximum absolute atomic E-state index is 12.5. The largest absolute Gasteiger partial charge is 0.325 e. The summed E-state index contributed by atoms with van der Waals surface area (Å²) in [6, 6.07) is 19.8. The third-order valence-corrected chi connectivity index (χ3v) is 7.22. The summed E-state index contributed by atoms with van der Waals surface area (Å²) >= 11 is 12.3. The predicted octanol–water partition coefficient (Wildman–Crippen LogP) is 6.70. The summed E-state index contributed by atoms with van der Waals surface area (Å²) in [4.78, 5) is 29.2. The minimum atomic E-state index is -0.270. The van der Waals surface area contributed by atoms with E-state index in [9.17, 15) is 9.59 Å². The number of fused-ring (bicyclic) bond motifs is 1. The molecular formula is C22H15BrClN3O2S2. The Kier molecular flexibility index (Phi) is 6.92. The van der Waals surface area contributed by atoms with Crippen LogP contribution in [0.1, 0.15) is 10.4 Å². The van der Waals surface area contributed by atoms with Crippen LogP contribution in [0.5, 0.6) is 0 Å². The van der Waals surface area contributed by atoms with Crippen LogP contribution >= 0.6 is 50.6 Å². The molecule has 2 N–H and O–H groups in total. The summed E-state index contributed by atoms with van der Waals surface area (Å²) in [5.41, 5.74) is 2.64. The average Bonchev–Trinajstić information content (AvgIpc) is 3.16. The highest BCUT2D eigenvalue weighted by atomic mass is 79.9. The molecule has 1 heterocycles. The molecule has 4 aromatic rings. The number of nitrogens with one attached hydrogen (secondary N) is 2. The first kappa shape index (κ1) is 21.8. The van der Waals surface area contributed by atoms with Crippen molar-refractivity contribution < 1.29 is 9.59 Å². The van der Waals surface area contributed by atoms with Gasteiger partial charge in [-0.2, -0.15) is 0 Å². The maximum Gasteiger partial charge on any atom is 0.257 e. The van der Waals surface area contributed by atoms with Gasteiger partial charge in [-0.3, -0.25) is 9.59 Å². The molecule has 3 aromatic carbocycles. The van der Waals surface area contributed by atoms with E-state index in [4.69, 9.17) is 11.6 Å². The Morgan fingerprint density at radius 3 is 2.52 bits per heavy atom. The molecule has 0 aliphatic heterocycles. The van der Waals surface area contributed by atoms with Crippen molar-refractivity contribution in [3.63, 3.8) is 0 Å². The highest BCUT2D eigenvalue weighted by molar-refractivity contribution is 9.10. The quantitative estimate of drug-likeness (QED) is 0.271. The van der Waals surface area contributed by atoms with Gasteiger partial charge in [0.15, 0.2) is 4.34 Å². The van der Waals surface area contributed by atoms with Gasteiger partial charge in [0.2, 0.25) is 5.91 Å². The normalized spacial score (nSPS) is 10.8. The Balaban J connectivity index is 1.39. The van der Waals surface area contributed by atoms with Gasteiger partial charge in [0.25, 0.3) is 5.91 Å². The maximum atomic E-state index is 12.5. The van der Waals surface area contributed by atoms with E-state index in [0.717, 1.165) is 24.7 Å². The van der Waals surface area contributed by atoms with Crippen LogP contribution in [-0.4, -0.2) is 22.6 Å². The van der Waals surface area contributed by atoms with Gasteiger partial charge in [-0.05, 0) is 54.6 Å². The SMILES string of the molecule is O=C(CSc1nc2ccc(NC(=O)c3ccccc3Cl)cc2s1)Nc1ccc(Br)cc1. The number of anilines is 2. The van der Waals surface area contributed by atoms with E-state index in [1.165, 1.54) is 23.1 Å². The monoisotopic (exact) mass is 531 g/mol. The molecule has 0 aliphatic carbocycles. The lowest BCUT2D eigenvalue weighted by atomic mass is 10.2. The highest BCUT2D eigenvalue weighted by Gasteiger charge is 2.12. The topological polar surface area (TPSA) is 71.1 Å². The van der Waals surface area contributed by atoms with Crippen LogP contribution < -0.4 is 10.6 Å². The lowest BCUT2D eigenvalue weighted by Crippen LogP contribution is -2.13. The summed E-state index contributed by atoms with van der Waals surface area (Å²) in [5, 5.41) is 6.13. The van der Waals surface area contributed by atoms with Gasteiger partial charge in [-0.15, -0.1) is 11.3 Å². The molecule has 0 unspecified atom stereocenters. The highest BCUT2D eigenvalue weighted by Crippen LogP contribution is 2.31. The molecule has 2 amide bonds. The number of hydrogen-bond donors (Lipinski definition) is 2. The lowest BCUT2D eigenvalue weighted by Gasteiger charge is -2.06. The van der Waals surface area contributed by atoms with E-state index in [2.05, 4.69) is 31.5 Å². The number of carbonyl (C=O) groups excluding carboxylic acids is 2. The van der Waals surface area contributed by atoms with Crippen LogP contribution in [0.2, 0.25) is 5.02 Å². The number of hydrogen-bond acceptors (Lipinski definition) is 5. The first-order valence-corrected chi connectivity index (χ1v) is 12.1. The van der Waals surface area contributed by atoms with Crippen LogP contribution in [0.15, 0.2) is 75.5 Å². The van der Waals surface area contributed by atoms with E-state index in [1.807, 2.05) is 36.4 Å². The summed E-state index contributed by atoms with van der Waals surface area (Å²) in [6.45, 7) is 0. The zero-order valence-electron chi connectivity index (χ0n) is 15.9. The Morgan fingerprint density at radius 1 is 1.00 bits per heavy atom. The van der Waals surface area contributed by atoms with Crippen molar-refractivity contribution >= 4 is 84.0 Å². The number of thiazole rings is 1. The van der Waals surface area contributed by atoms with Gasteiger partial charge >= 0.3 is 0 Å². The molecule has 5 nitrogen and oxygen atoms in total. The van der Waals surface area contributed by atoms with Gasteiger partial charge in [0.05, 0.1) is 26.6 Å². The molecule has 0 aliphatic rings. The standard InChI is InChI=1S/C22H15BrClN3O2S2/c23-13-5-7-14(8-6-13)25-20(28)12-30-22-27-18-10-9-15(11-19(18)31-22)26-21(29)16-3-1-2-4-17(16)24/h1-11H,12H2,(H,25,28)(H,26,29). The summed E-state index contributed by atoms with van der Waals surface area (Å²) < 4.78 is 2.67. The third-order valence-electron chi connectivity index (χ3n) is 4.20. The van der Waals surface area contributed by atoms with Crippen molar-refractivity contribution in [3.8, 4) is 0 Å². The second kappa shape index (κ2) is 9.82. The Labute approximate surface area is 200 Å². The zero-order chi connectivity index (χ0) is 21.8. The Bertz CT molecular complexity index is 1260. The summed E-state index contributed by atoms with van der Waals surface area (Å²) in [5.74, 6) is -0.112. The lowest BCUT2D eigenvalue weighted by molar-refractivity contribution is -0.113. The number of amides is 2. The van der Waals surface area contributed by atoms with Crippen molar-refractivity contribution in [1.29, 1.82) is 0 Å². The molecule has 9 heteroatoms. The summed E-state index contributed by atoms with van der Waals surface area (Å²) in [6.07, 6.45) is 0. The van der Waals surface area contributed by atoms with Crippen LogP contribution in [-0.2, 0) is 4.79 Å². The molecule has 0 spiro atoms. The molecule has 0 radical (unpaired) electrons. The van der Waals surface area contributed by atoms with E-state index < -0.39 is 0 Å². The molecule has 31 heavy (non-hydrogen) atoms. The molecule has 0 saturated carbocycles. The second-order valence-corrected chi connectivity index (χ2v) is 10.0. The molecule has 4 rings (SSSR count). The number of halogens is 2. The molecule has 156 valence electrons. The van der Waals surface area contributed by atoms with Crippen LogP contribution in [0.25, 0.3) is 10.2 Å². The minimum Gasteiger partial charge on any atom is -0.325 e. The first-order chi connectivity index (χ1) is 15.0. The molecule has 0 atom stereocenters. The van der Waals surface area contributed by atoms with Gasteiger partial charge in [-0.25, -0.2) is 4.98 Å². The first-order valence-electron chi connectivity index (χ1n) is 9.12. The number of carbonyl (C=O) groups is 2. The smallest absolute Gasteiger partial charge is 0.257 e. The van der Waals surface area contributed by atoms with Gasteiger partial charge in [-0.1, -0.05) is 51.4 Å². The number of thioether (sulfide) groups is 1.